The topological polar surface area (TPSA) is 24.9 Å². The first-order valence-corrected chi connectivity index (χ1v) is 7.46. The lowest BCUT2D eigenvalue weighted by Crippen LogP contribution is -2.25. The zero-order valence-electron chi connectivity index (χ0n) is 13.2. The molecule has 2 rings (SSSR count). The maximum atomic E-state index is 13.0. The summed E-state index contributed by atoms with van der Waals surface area (Å²) in [6.45, 7) is 8.50. The molecule has 1 N–H and O–H groups in total. The highest BCUT2D eigenvalue weighted by Crippen LogP contribution is 2.24. The van der Waals surface area contributed by atoms with Crippen molar-refractivity contribution in [1.29, 1.82) is 0 Å². The van der Waals surface area contributed by atoms with Gasteiger partial charge < -0.3 is 5.32 Å². The molecule has 2 aromatic rings. The van der Waals surface area contributed by atoms with Crippen LogP contribution < -0.4 is 5.32 Å². The number of benzene rings is 1. The third-order valence-electron chi connectivity index (χ3n) is 3.87. The van der Waals surface area contributed by atoms with Gasteiger partial charge in [-0.25, -0.2) is 4.39 Å². The van der Waals surface area contributed by atoms with E-state index < -0.39 is 0 Å². The fraction of sp³-hybridized carbons (Fsp3) is 0.389. The van der Waals surface area contributed by atoms with Crippen molar-refractivity contribution in [3.63, 3.8) is 0 Å². The van der Waals surface area contributed by atoms with E-state index in [-0.39, 0.29) is 17.9 Å². The number of rotatable bonds is 5. The van der Waals surface area contributed by atoms with Gasteiger partial charge in [0.15, 0.2) is 0 Å². The molecule has 0 fully saturated rings. The van der Waals surface area contributed by atoms with Crippen LogP contribution in [-0.4, -0.2) is 4.98 Å². The average molecular weight is 286 g/mol. The maximum absolute atomic E-state index is 13.0. The summed E-state index contributed by atoms with van der Waals surface area (Å²) in [5, 5.41) is 3.60. The van der Waals surface area contributed by atoms with Gasteiger partial charge in [0.25, 0.3) is 0 Å². The van der Waals surface area contributed by atoms with Crippen LogP contribution >= 0.6 is 0 Å². The molecule has 0 saturated carbocycles. The van der Waals surface area contributed by atoms with E-state index in [0.717, 1.165) is 12.1 Å². The summed E-state index contributed by atoms with van der Waals surface area (Å²) in [5.74, 6) is -0.295. The van der Waals surface area contributed by atoms with Crippen LogP contribution in [0.3, 0.4) is 0 Å². The molecule has 3 heteroatoms. The second kappa shape index (κ2) is 6.81. The number of hydrogen-bond donors (Lipinski definition) is 1. The van der Waals surface area contributed by atoms with Crippen molar-refractivity contribution < 1.29 is 4.39 Å². The van der Waals surface area contributed by atoms with E-state index in [2.05, 4.69) is 56.2 Å². The Bertz CT molecular complexity index is 593. The Morgan fingerprint density at radius 1 is 1.19 bits per heavy atom. The molecule has 1 aromatic heterocycles. The monoisotopic (exact) mass is 286 g/mol. The minimum Gasteiger partial charge on any atom is -0.302 e. The second-order valence-corrected chi connectivity index (χ2v) is 5.61. The Balaban J connectivity index is 2.17. The van der Waals surface area contributed by atoms with E-state index >= 15 is 0 Å². The van der Waals surface area contributed by atoms with E-state index in [4.69, 9.17) is 0 Å². The van der Waals surface area contributed by atoms with Crippen molar-refractivity contribution in [2.24, 2.45) is 0 Å². The fourth-order valence-corrected chi connectivity index (χ4v) is 2.62. The minimum atomic E-state index is -0.295. The van der Waals surface area contributed by atoms with Gasteiger partial charge in [-0.2, -0.15) is 0 Å². The van der Waals surface area contributed by atoms with E-state index in [9.17, 15) is 4.39 Å². The molecule has 2 nitrogen and oxygen atoms in total. The maximum Gasteiger partial charge on any atom is 0.141 e. The van der Waals surface area contributed by atoms with E-state index in [1.165, 1.54) is 29.0 Å². The van der Waals surface area contributed by atoms with Crippen molar-refractivity contribution in [1.82, 2.24) is 10.3 Å². The van der Waals surface area contributed by atoms with Crippen molar-refractivity contribution in [3.8, 4) is 0 Å². The molecule has 0 aliphatic heterocycles. The Labute approximate surface area is 126 Å². The SMILES string of the molecule is CCC(NC(C)c1cc(C)ccc1C)c1ccc(F)cn1. The first-order chi connectivity index (χ1) is 10.0. The van der Waals surface area contributed by atoms with E-state index in [1.54, 1.807) is 6.07 Å². The molecule has 0 radical (unpaired) electrons. The van der Waals surface area contributed by atoms with Gasteiger partial charge in [0.2, 0.25) is 0 Å². The lowest BCUT2D eigenvalue weighted by atomic mass is 9.98. The average Bonchev–Trinajstić information content (AvgIpc) is 2.48. The Morgan fingerprint density at radius 3 is 2.57 bits per heavy atom. The van der Waals surface area contributed by atoms with Crippen LogP contribution in [0, 0.1) is 19.7 Å². The molecule has 0 bridgehead atoms. The van der Waals surface area contributed by atoms with Gasteiger partial charge in [-0.3, -0.25) is 4.98 Å². The van der Waals surface area contributed by atoms with Gasteiger partial charge in [-0.15, -0.1) is 0 Å². The van der Waals surface area contributed by atoms with Gasteiger partial charge in [0.1, 0.15) is 5.82 Å². The molecule has 1 aromatic carbocycles. The summed E-state index contributed by atoms with van der Waals surface area (Å²) >= 11 is 0. The molecule has 1 heterocycles. The molecule has 21 heavy (non-hydrogen) atoms. The Hall–Kier alpha value is -1.74. The molecule has 112 valence electrons. The predicted octanol–water partition coefficient (Wildman–Crippen LogP) is 4.64. The van der Waals surface area contributed by atoms with Crippen molar-refractivity contribution in [2.75, 3.05) is 0 Å². The highest BCUT2D eigenvalue weighted by Gasteiger charge is 2.16. The highest BCUT2D eigenvalue weighted by molar-refractivity contribution is 5.32. The number of pyridine rings is 1. The third-order valence-corrected chi connectivity index (χ3v) is 3.87. The number of nitrogens with zero attached hydrogens (tertiary/aromatic N) is 1. The van der Waals surface area contributed by atoms with Gasteiger partial charge in [-0.1, -0.05) is 30.7 Å². The summed E-state index contributed by atoms with van der Waals surface area (Å²) in [6, 6.07) is 10.1. The predicted molar refractivity (Wildman–Crippen MR) is 84.7 cm³/mol. The number of nitrogens with one attached hydrogen (secondary N) is 1. The summed E-state index contributed by atoms with van der Waals surface area (Å²) < 4.78 is 13.0. The Morgan fingerprint density at radius 2 is 1.95 bits per heavy atom. The first-order valence-electron chi connectivity index (χ1n) is 7.46. The van der Waals surface area contributed by atoms with Crippen LogP contribution in [0.1, 0.15) is 54.7 Å². The molecule has 0 aliphatic carbocycles. The van der Waals surface area contributed by atoms with Gasteiger partial charge in [0.05, 0.1) is 11.9 Å². The van der Waals surface area contributed by atoms with E-state index in [0.29, 0.717) is 0 Å². The number of halogens is 1. The van der Waals surface area contributed by atoms with Crippen LogP contribution in [-0.2, 0) is 0 Å². The number of aryl methyl sites for hydroxylation is 2. The molecular formula is C18H23FN2. The second-order valence-electron chi connectivity index (χ2n) is 5.61. The highest BCUT2D eigenvalue weighted by atomic mass is 19.1. The van der Waals surface area contributed by atoms with Gasteiger partial charge in [-0.05, 0) is 50.5 Å². The Kier molecular flexibility index (Phi) is 5.07. The normalized spacial score (nSPS) is 14.0. The van der Waals surface area contributed by atoms with Crippen LogP contribution in [0.15, 0.2) is 36.5 Å². The summed E-state index contributed by atoms with van der Waals surface area (Å²) in [4.78, 5) is 4.20. The van der Waals surface area contributed by atoms with Crippen LogP contribution in [0.4, 0.5) is 4.39 Å². The third kappa shape index (κ3) is 3.88. The van der Waals surface area contributed by atoms with Gasteiger partial charge in [0, 0.05) is 12.1 Å². The quantitative estimate of drug-likeness (QED) is 0.866. The van der Waals surface area contributed by atoms with Crippen molar-refractivity contribution >= 4 is 0 Å². The first kappa shape index (κ1) is 15.6. The number of hydrogen-bond acceptors (Lipinski definition) is 2. The van der Waals surface area contributed by atoms with Crippen LogP contribution in [0.2, 0.25) is 0 Å². The zero-order chi connectivity index (χ0) is 15.4. The molecule has 2 unspecified atom stereocenters. The molecular weight excluding hydrogens is 263 g/mol. The molecule has 0 spiro atoms. The standard InChI is InChI=1S/C18H23FN2/c1-5-17(18-9-8-15(19)11-20-18)21-14(4)16-10-12(2)6-7-13(16)3/h6-11,14,17,21H,5H2,1-4H3. The largest absolute Gasteiger partial charge is 0.302 e. The molecule has 0 aliphatic rings. The summed E-state index contributed by atoms with van der Waals surface area (Å²) in [6.07, 6.45) is 2.19. The molecule has 0 amide bonds. The lowest BCUT2D eigenvalue weighted by molar-refractivity contribution is 0.445. The van der Waals surface area contributed by atoms with Gasteiger partial charge >= 0.3 is 0 Å². The molecule has 0 saturated heterocycles. The van der Waals surface area contributed by atoms with Crippen LogP contribution in [0.5, 0.6) is 0 Å². The number of aromatic nitrogens is 1. The lowest BCUT2D eigenvalue weighted by Gasteiger charge is -2.24. The smallest absolute Gasteiger partial charge is 0.141 e. The van der Waals surface area contributed by atoms with Crippen molar-refractivity contribution in [2.45, 2.75) is 46.2 Å². The summed E-state index contributed by atoms with van der Waals surface area (Å²) in [7, 11) is 0. The minimum absolute atomic E-state index is 0.125. The molecule has 2 atom stereocenters. The van der Waals surface area contributed by atoms with Crippen LogP contribution in [0.25, 0.3) is 0 Å². The van der Waals surface area contributed by atoms with E-state index in [1.807, 2.05) is 0 Å². The zero-order valence-corrected chi connectivity index (χ0v) is 13.2. The summed E-state index contributed by atoms with van der Waals surface area (Å²) in [5.41, 5.74) is 4.73. The van der Waals surface area contributed by atoms with Crippen molar-refractivity contribution in [3.05, 3.63) is 64.7 Å². The fourth-order valence-electron chi connectivity index (χ4n) is 2.62.